The Bertz CT molecular complexity index is 1220. The van der Waals surface area contributed by atoms with E-state index in [0.717, 1.165) is 32.8 Å². The number of carbonyl (C=O) groups excluding carboxylic acids is 1. The number of esters is 1. The van der Waals surface area contributed by atoms with Gasteiger partial charge in [0.05, 0.1) is 6.61 Å². The average molecular weight is 488 g/mol. The number of hydrogen-bond donors (Lipinski definition) is 1. The minimum Gasteiger partial charge on any atom is -0.462 e. The molecule has 8 heteroatoms. The lowest BCUT2D eigenvalue weighted by molar-refractivity contribution is 0.0531. The van der Waals surface area contributed by atoms with Crippen molar-refractivity contribution in [1.29, 1.82) is 0 Å². The van der Waals surface area contributed by atoms with E-state index in [1.807, 2.05) is 41.7 Å². The van der Waals surface area contributed by atoms with E-state index in [1.165, 1.54) is 23.5 Å². The van der Waals surface area contributed by atoms with Gasteiger partial charge in [0.25, 0.3) is 0 Å². The van der Waals surface area contributed by atoms with E-state index >= 15 is 0 Å². The minimum atomic E-state index is -0.355. The highest BCUT2D eigenvalue weighted by Gasteiger charge is 2.23. The van der Waals surface area contributed by atoms with Gasteiger partial charge in [-0.05, 0) is 43.7 Å². The molecule has 0 aliphatic carbocycles. The molecule has 0 unspecified atom stereocenters. The van der Waals surface area contributed by atoms with Crippen LogP contribution in [0.25, 0.3) is 16.2 Å². The van der Waals surface area contributed by atoms with Crippen molar-refractivity contribution in [1.82, 2.24) is 9.38 Å². The number of aromatic nitrogens is 2. The topological polar surface area (TPSA) is 55.6 Å². The summed E-state index contributed by atoms with van der Waals surface area (Å²) in [5.41, 5.74) is 3.27. The molecule has 0 bridgehead atoms. The summed E-state index contributed by atoms with van der Waals surface area (Å²) in [7, 11) is 0. The van der Waals surface area contributed by atoms with Gasteiger partial charge in [-0.15, -0.1) is 0 Å². The van der Waals surface area contributed by atoms with Gasteiger partial charge >= 0.3 is 5.97 Å². The van der Waals surface area contributed by atoms with Crippen molar-refractivity contribution in [3.8, 4) is 11.3 Å². The molecule has 0 aliphatic rings. The summed E-state index contributed by atoms with van der Waals surface area (Å²) < 4.78 is 21.7. The van der Waals surface area contributed by atoms with Crippen molar-refractivity contribution >= 4 is 44.0 Å². The number of fused-ring (bicyclic) bond motifs is 1. The number of thiazole rings is 1. The average Bonchev–Trinajstić information content (AvgIpc) is 3.24. The molecule has 1 N–H and O–H groups in total. The summed E-state index contributed by atoms with van der Waals surface area (Å²) in [5.74, 6) is 0.116. The van der Waals surface area contributed by atoms with Gasteiger partial charge in [0.15, 0.2) is 4.96 Å². The molecule has 154 valence electrons. The standard InChI is InChI=1S/C22H19BrFN3O2S/c1-3-29-21(28)19-13(2)27-20(25-12-14-5-4-6-17(24)11-14)18(26-22(27)30-19)15-7-9-16(23)10-8-15/h4-11,25H,3,12H2,1-2H3. The van der Waals surface area contributed by atoms with Crippen LogP contribution in [0, 0.1) is 12.7 Å². The highest BCUT2D eigenvalue weighted by molar-refractivity contribution is 9.10. The molecule has 2 aromatic carbocycles. The number of anilines is 1. The number of nitrogens with one attached hydrogen (secondary N) is 1. The Kier molecular flexibility index (Phi) is 5.87. The van der Waals surface area contributed by atoms with Crippen molar-refractivity contribution in [2.75, 3.05) is 11.9 Å². The third-order valence-electron chi connectivity index (χ3n) is 4.63. The van der Waals surface area contributed by atoms with Gasteiger partial charge in [-0.1, -0.05) is 51.5 Å². The largest absolute Gasteiger partial charge is 0.462 e. The summed E-state index contributed by atoms with van der Waals surface area (Å²) in [5, 5.41) is 3.39. The molecule has 0 fully saturated rings. The van der Waals surface area contributed by atoms with E-state index in [0.29, 0.717) is 23.0 Å². The third-order valence-corrected chi connectivity index (χ3v) is 6.28. The molecule has 0 spiro atoms. The molecular weight excluding hydrogens is 469 g/mol. The summed E-state index contributed by atoms with van der Waals surface area (Å²) in [4.78, 5) is 18.3. The maximum Gasteiger partial charge on any atom is 0.350 e. The molecule has 0 atom stereocenters. The van der Waals surface area contributed by atoms with Crippen LogP contribution in [0.2, 0.25) is 0 Å². The number of rotatable bonds is 6. The summed E-state index contributed by atoms with van der Waals surface area (Å²) in [6.07, 6.45) is 0. The second-order valence-electron chi connectivity index (χ2n) is 6.65. The zero-order chi connectivity index (χ0) is 21.3. The zero-order valence-corrected chi connectivity index (χ0v) is 18.8. The van der Waals surface area contributed by atoms with Gasteiger partial charge in [0.2, 0.25) is 0 Å². The lowest BCUT2D eigenvalue weighted by Crippen LogP contribution is -2.07. The van der Waals surface area contributed by atoms with Gasteiger partial charge in [-0.25, -0.2) is 14.2 Å². The van der Waals surface area contributed by atoms with Gasteiger partial charge in [-0.2, -0.15) is 0 Å². The summed E-state index contributed by atoms with van der Waals surface area (Å²) >= 11 is 4.75. The highest BCUT2D eigenvalue weighted by Crippen LogP contribution is 2.35. The lowest BCUT2D eigenvalue weighted by atomic mass is 10.1. The fourth-order valence-electron chi connectivity index (χ4n) is 3.24. The minimum absolute atomic E-state index is 0.280. The second kappa shape index (κ2) is 8.57. The fourth-order valence-corrected chi connectivity index (χ4v) is 4.52. The predicted molar refractivity (Wildman–Crippen MR) is 121 cm³/mol. The van der Waals surface area contributed by atoms with Crippen LogP contribution in [-0.4, -0.2) is 22.0 Å². The molecular formula is C22H19BrFN3O2S. The first kappa shape index (κ1) is 20.6. The first-order chi connectivity index (χ1) is 14.5. The maximum absolute atomic E-state index is 13.6. The van der Waals surface area contributed by atoms with E-state index in [1.54, 1.807) is 13.0 Å². The lowest BCUT2D eigenvalue weighted by Gasteiger charge is -2.10. The number of carbonyl (C=O) groups is 1. The van der Waals surface area contributed by atoms with Crippen molar-refractivity contribution in [2.24, 2.45) is 0 Å². The van der Waals surface area contributed by atoms with E-state index in [4.69, 9.17) is 9.72 Å². The van der Waals surface area contributed by atoms with Crippen LogP contribution in [-0.2, 0) is 11.3 Å². The second-order valence-corrected chi connectivity index (χ2v) is 8.55. The van der Waals surface area contributed by atoms with Crippen molar-refractivity contribution < 1.29 is 13.9 Å². The molecule has 4 rings (SSSR count). The van der Waals surface area contributed by atoms with Crippen molar-refractivity contribution in [3.63, 3.8) is 0 Å². The van der Waals surface area contributed by atoms with Crippen molar-refractivity contribution in [2.45, 2.75) is 20.4 Å². The van der Waals surface area contributed by atoms with Crippen molar-refractivity contribution in [3.05, 3.63) is 75.0 Å². The Labute approximate surface area is 185 Å². The Morgan fingerprint density at radius 2 is 2.03 bits per heavy atom. The van der Waals surface area contributed by atoms with E-state index < -0.39 is 0 Å². The highest BCUT2D eigenvalue weighted by atomic mass is 79.9. The Balaban J connectivity index is 1.80. The van der Waals surface area contributed by atoms with Crippen LogP contribution < -0.4 is 5.32 Å². The van der Waals surface area contributed by atoms with Crippen LogP contribution in [0.4, 0.5) is 10.2 Å². The molecule has 4 aromatic rings. The third kappa shape index (κ3) is 3.97. The zero-order valence-electron chi connectivity index (χ0n) is 16.4. The SMILES string of the molecule is CCOC(=O)c1sc2nc(-c3ccc(Br)cc3)c(NCc3cccc(F)c3)n2c1C. The number of ether oxygens (including phenoxy) is 1. The number of benzene rings is 2. The van der Waals surface area contributed by atoms with Crippen LogP contribution in [0.1, 0.15) is 27.9 Å². The molecule has 0 saturated heterocycles. The van der Waals surface area contributed by atoms with Gasteiger partial charge in [0.1, 0.15) is 22.2 Å². The number of nitrogens with zero attached hydrogens (tertiary/aromatic N) is 2. The van der Waals surface area contributed by atoms with Crippen LogP contribution >= 0.6 is 27.3 Å². The number of aryl methyl sites for hydroxylation is 1. The fraction of sp³-hybridized carbons (Fsp3) is 0.182. The Morgan fingerprint density at radius 3 is 2.73 bits per heavy atom. The quantitative estimate of drug-likeness (QED) is 0.335. The van der Waals surface area contributed by atoms with E-state index in [-0.39, 0.29) is 11.8 Å². The monoisotopic (exact) mass is 487 g/mol. The molecule has 2 heterocycles. The van der Waals surface area contributed by atoms with Gasteiger partial charge in [-0.3, -0.25) is 4.40 Å². The van der Waals surface area contributed by atoms with Gasteiger partial charge < -0.3 is 10.1 Å². The first-order valence-electron chi connectivity index (χ1n) is 9.41. The summed E-state index contributed by atoms with van der Waals surface area (Å²) in [6.45, 7) is 4.38. The Morgan fingerprint density at radius 1 is 1.27 bits per heavy atom. The van der Waals surface area contributed by atoms with Crippen LogP contribution in [0.15, 0.2) is 53.0 Å². The number of halogens is 2. The molecule has 5 nitrogen and oxygen atoms in total. The summed E-state index contributed by atoms with van der Waals surface area (Å²) in [6, 6.07) is 14.3. The van der Waals surface area contributed by atoms with Crippen LogP contribution in [0.5, 0.6) is 0 Å². The molecule has 30 heavy (non-hydrogen) atoms. The number of hydrogen-bond acceptors (Lipinski definition) is 5. The molecule has 2 aromatic heterocycles. The molecule has 0 aliphatic heterocycles. The smallest absolute Gasteiger partial charge is 0.350 e. The normalized spacial score (nSPS) is 11.1. The molecule has 0 radical (unpaired) electrons. The predicted octanol–water partition coefficient (Wildman–Crippen LogP) is 6.06. The van der Waals surface area contributed by atoms with Crippen LogP contribution in [0.3, 0.4) is 0 Å². The number of imidazole rings is 1. The molecule has 0 amide bonds. The first-order valence-corrected chi connectivity index (χ1v) is 11.0. The molecule has 0 saturated carbocycles. The van der Waals surface area contributed by atoms with Gasteiger partial charge in [0, 0.05) is 22.3 Å². The van der Waals surface area contributed by atoms with E-state index in [2.05, 4.69) is 21.2 Å². The van der Waals surface area contributed by atoms with E-state index in [9.17, 15) is 9.18 Å². The Hall–Kier alpha value is -2.71. The maximum atomic E-state index is 13.6.